The number of rotatable bonds is 3. The molecule has 0 aromatic carbocycles. The summed E-state index contributed by atoms with van der Waals surface area (Å²) >= 11 is 11.6. The molecule has 0 radical (unpaired) electrons. The first-order valence-corrected chi connectivity index (χ1v) is 5.72. The molecule has 0 fully saturated rings. The van der Waals surface area contributed by atoms with E-state index in [0.29, 0.717) is 10.8 Å². The summed E-state index contributed by atoms with van der Waals surface area (Å²) in [6.07, 6.45) is 1.74. The summed E-state index contributed by atoms with van der Waals surface area (Å²) in [4.78, 5) is 15.6. The van der Waals surface area contributed by atoms with E-state index in [2.05, 4.69) is 4.98 Å². The van der Waals surface area contributed by atoms with Crippen molar-refractivity contribution < 1.29 is 0 Å². The van der Waals surface area contributed by atoms with Crippen molar-refractivity contribution in [3.63, 3.8) is 0 Å². The van der Waals surface area contributed by atoms with Crippen LogP contribution in [0.15, 0.2) is 4.79 Å². The highest BCUT2D eigenvalue weighted by Gasteiger charge is 2.16. The summed E-state index contributed by atoms with van der Waals surface area (Å²) in [6, 6.07) is 0.135. The molecule has 0 N–H and O–H groups in total. The Morgan fingerprint density at radius 1 is 1.27 bits per heavy atom. The van der Waals surface area contributed by atoms with Crippen LogP contribution in [0.3, 0.4) is 0 Å². The third-order valence-electron chi connectivity index (χ3n) is 2.56. The number of aromatic nitrogens is 2. The van der Waals surface area contributed by atoms with Crippen LogP contribution >= 0.6 is 23.2 Å². The normalized spacial score (nSPS) is 11.1. The molecule has 0 aliphatic carbocycles. The first-order valence-electron chi connectivity index (χ1n) is 4.97. The Kier molecular flexibility index (Phi) is 4.17. The van der Waals surface area contributed by atoms with Crippen LogP contribution in [0.1, 0.15) is 38.4 Å². The van der Waals surface area contributed by atoms with Crippen molar-refractivity contribution in [2.24, 2.45) is 0 Å². The van der Waals surface area contributed by atoms with Gasteiger partial charge in [0.25, 0.3) is 5.56 Å². The Hall–Kier alpha value is -0.540. The molecule has 5 heteroatoms. The number of hydrogen-bond acceptors (Lipinski definition) is 2. The number of nitrogens with zero attached hydrogens (tertiary/aromatic N) is 2. The minimum atomic E-state index is -0.257. The highest BCUT2D eigenvalue weighted by atomic mass is 35.5. The lowest BCUT2D eigenvalue weighted by Crippen LogP contribution is -2.28. The van der Waals surface area contributed by atoms with Gasteiger partial charge in [-0.05, 0) is 19.8 Å². The monoisotopic (exact) mass is 248 g/mol. The van der Waals surface area contributed by atoms with Crippen molar-refractivity contribution in [2.45, 2.75) is 39.7 Å². The van der Waals surface area contributed by atoms with E-state index in [-0.39, 0.29) is 16.8 Å². The SMILES string of the molecule is CCC(CC)n1c(C)c(Cl)nc(Cl)c1=O. The second kappa shape index (κ2) is 4.99. The van der Waals surface area contributed by atoms with Crippen LogP contribution in [-0.4, -0.2) is 9.55 Å². The second-order valence-corrected chi connectivity index (χ2v) is 4.14. The highest BCUT2D eigenvalue weighted by molar-refractivity contribution is 6.32. The number of hydrogen-bond donors (Lipinski definition) is 0. The fourth-order valence-corrected chi connectivity index (χ4v) is 2.05. The van der Waals surface area contributed by atoms with Gasteiger partial charge >= 0.3 is 0 Å². The quantitative estimate of drug-likeness (QED) is 0.824. The zero-order valence-electron chi connectivity index (χ0n) is 9.05. The lowest BCUT2D eigenvalue weighted by Gasteiger charge is -2.19. The van der Waals surface area contributed by atoms with Gasteiger partial charge in [-0.1, -0.05) is 37.0 Å². The molecule has 0 unspecified atom stereocenters. The maximum Gasteiger partial charge on any atom is 0.288 e. The largest absolute Gasteiger partial charge is 0.304 e. The van der Waals surface area contributed by atoms with Crippen LogP contribution in [0.4, 0.5) is 0 Å². The smallest absolute Gasteiger partial charge is 0.288 e. The average Bonchev–Trinajstić information content (AvgIpc) is 2.21. The Morgan fingerprint density at radius 3 is 2.27 bits per heavy atom. The predicted octanol–water partition coefficient (Wildman–Crippen LogP) is 3.22. The predicted molar refractivity (Wildman–Crippen MR) is 62.9 cm³/mol. The first kappa shape index (κ1) is 12.5. The average molecular weight is 249 g/mol. The Balaban J connectivity index is 3.45. The van der Waals surface area contributed by atoms with Gasteiger partial charge in [0, 0.05) is 6.04 Å². The Labute approximate surface area is 99.0 Å². The van der Waals surface area contributed by atoms with Gasteiger partial charge in [0.1, 0.15) is 5.15 Å². The summed E-state index contributed by atoms with van der Waals surface area (Å²) in [7, 11) is 0. The zero-order valence-corrected chi connectivity index (χ0v) is 10.6. The highest BCUT2D eigenvalue weighted by Crippen LogP contribution is 2.20. The fourth-order valence-electron chi connectivity index (χ4n) is 1.66. The van der Waals surface area contributed by atoms with Gasteiger partial charge in [0.2, 0.25) is 0 Å². The molecule has 0 aliphatic rings. The minimum Gasteiger partial charge on any atom is -0.304 e. The van der Waals surface area contributed by atoms with Gasteiger partial charge in [-0.3, -0.25) is 4.79 Å². The van der Waals surface area contributed by atoms with E-state index in [1.807, 2.05) is 13.8 Å². The van der Waals surface area contributed by atoms with E-state index >= 15 is 0 Å². The molecule has 0 bridgehead atoms. The van der Waals surface area contributed by atoms with E-state index in [9.17, 15) is 4.79 Å². The molecular formula is C10H14Cl2N2O. The third kappa shape index (κ3) is 2.34. The summed E-state index contributed by atoms with van der Waals surface area (Å²) in [5, 5.41) is 0.240. The summed E-state index contributed by atoms with van der Waals surface area (Å²) in [5.74, 6) is 0. The van der Waals surface area contributed by atoms with E-state index in [1.165, 1.54) is 0 Å². The van der Waals surface area contributed by atoms with Crippen molar-refractivity contribution in [2.75, 3.05) is 0 Å². The van der Waals surface area contributed by atoms with Crippen LogP contribution < -0.4 is 5.56 Å². The minimum absolute atomic E-state index is 0.0579. The van der Waals surface area contributed by atoms with Crippen LogP contribution in [0.25, 0.3) is 0 Å². The van der Waals surface area contributed by atoms with Crippen molar-refractivity contribution >= 4 is 23.2 Å². The zero-order chi connectivity index (χ0) is 11.6. The molecule has 0 aliphatic heterocycles. The molecule has 0 spiro atoms. The molecule has 0 amide bonds. The van der Waals surface area contributed by atoms with Gasteiger partial charge in [-0.2, -0.15) is 0 Å². The second-order valence-electron chi connectivity index (χ2n) is 3.42. The van der Waals surface area contributed by atoms with E-state index in [4.69, 9.17) is 23.2 Å². The molecule has 1 heterocycles. The lowest BCUT2D eigenvalue weighted by atomic mass is 10.1. The molecule has 0 atom stereocenters. The maximum atomic E-state index is 11.8. The van der Waals surface area contributed by atoms with Crippen LogP contribution in [-0.2, 0) is 0 Å². The van der Waals surface area contributed by atoms with Crippen LogP contribution in [0, 0.1) is 6.92 Å². The first-order chi connectivity index (χ1) is 7.02. The van der Waals surface area contributed by atoms with Crippen molar-refractivity contribution in [1.82, 2.24) is 9.55 Å². The Bertz CT molecular complexity index is 411. The molecule has 84 valence electrons. The molecule has 1 rings (SSSR count). The molecule has 15 heavy (non-hydrogen) atoms. The topological polar surface area (TPSA) is 34.9 Å². The maximum absolute atomic E-state index is 11.8. The van der Waals surface area contributed by atoms with Gasteiger partial charge in [0.15, 0.2) is 5.15 Å². The molecule has 1 aromatic heterocycles. The number of halogens is 2. The molecule has 0 saturated carbocycles. The van der Waals surface area contributed by atoms with Gasteiger partial charge in [-0.15, -0.1) is 0 Å². The van der Waals surface area contributed by atoms with Gasteiger partial charge in [-0.25, -0.2) is 4.98 Å². The van der Waals surface area contributed by atoms with Gasteiger partial charge < -0.3 is 4.57 Å². The van der Waals surface area contributed by atoms with Crippen LogP contribution in [0.2, 0.25) is 10.3 Å². The molecule has 0 saturated heterocycles. The lowest BCUT2D eigenvalue weighted by molar-refractivity contribution is 0.447. The third-order valence-corrected chi connectivity index (χ3v) is 3.16. The summed E-state index contributed by atoms with van der Waals surface area (Å²) in [6.45, 7) is 5.84. The van der Waals surface area contributed by atoms with Crippen molar-refractivity contribution in [3.8, 4) is 0 Å². The molecule has 3 nitrogen and oxygen atoms in total. The van der Waals surface area contributed by atoms with E-state index in [1.54, 1.807) is 11.5 Å². The van der Waals surface area contributed by atoms with Crippen molar-refractivity contribution in [1.29, 1.82) is 0 Å². The van der Waals surface area contributed by atoms with Crippen molar-refractivity contribution in [3.05, 3.63) is 26.4 Å². The summed E-state index contributed by atoms with van der Waals surface area (Å²) < 4.78 is 1.64. The Morgan fingerprint density at radius 2 is 1.80 bits per heavy atom. The summed E-state index contributed by atoms with van der Waals surface area (Å²) in [5.41, 5.74) is 0.423. The molecule has 1 aromatic rings. The van der Waals surface area contributed by atoms with E-state index < -0.39 is 0 Å². The molecular weight excluding hydrogens is 235 g/mol. The van der Waals surface area contributed by atoms with Gasteiger partial charge in [0.05, 0.1) is 5.69 Å². The fraction of sp³-hybridized carbons (Fsp3) is 0.600. The standard InChI is InChI=1S/C10H14Cl2N2O/c1-4-7(5-2)14-6(3)8(11)13-9(12)10(14)15/h7H,4-5H2,1-3H3. The van der Waals surface area contributed by atoms with E-state index in [0.717, 1.165) is 12.8 Å². The van der Waals surface area contributed by atoms with Crippen LogP contribution in [0.5, 0.6) is 0 Å².